The molecule has 1 aromatic heterocycles. The third-order valence-electron chi connectivity index (χ3n) is 5.37. The van der Waals surface area contributed by atoms with Gasteiger partial charge in [-0.2, -0.15) is 0 Å². The molecule has 0 spiro atoms. The fourth-order valence-electron chi connectivity index (χ4n) is 3.81. The van der Waals surface area contributed by atoms with Gasteiger partial charge in [0.15, 0.2) is 12.4 Å². The zero-order chi connectivity index (χ0) is 19.3. The number of piperidine rings is 1. The van der Waals surface area contributed by atoms with Gasteiger partial charge in [-0.1, -0.05) is 0 Å². The molecule has 1 fully saturated rings. The normalized spacial score (nSPS) is 19.0. The summed E-state index contributed by atoms with van der Waals surface area (Å²) < 4.78 is 10.8. The summed E-state index contributed by atoms with van der Waals surface area (Å²) in [6.45, 7) is 2.49. The number of ether oxygens (including phenoxy) is 2. The number of rotatable bonds is 5. The van der Waals surface area contributed by atoms with E-state index < -0.39 is 0 Å². The van der Waals surface area contributed by atoms with E-state index in [-0.39, 0.29) is 18.6 Å². The first-order chi connectivity index (χ1) is 13.7. The Morgan fingerprint density at radius 1 is 1.25 bits per heavy atom. The second kappa shape index (κ2) is 8.56. The lowest BCUT2D eigenvalue weighted by Crippen LogP contribution is -2.42. The smallest absolute Gasteiger partial charge is 0.261 e. The fraction of sp³-hybridized carbons (Fsp3) is 0.476. The molecule has 2 aromatic rings. The molecule has 0 saturated carbocycles. The number of carbonyl (C=O) groups excluding carboxylic acids is 1. The van der Waals surface area contributed by atoms with E-state index in [2.05, 4.69) is 10.3 Å². The lowest BCUT2D eigenvalue weighted by Gasteiger charge is -2.35. The molecule has 1 saturated heterocycles. The van der Waals surface area contributed by atoms with Crippen molar-refractivity contribution in [2.45, 2.75) is 38.3 Å². The number of amides is 1. The number of hydrogen-bond donors (Lipinski definition) is 1. The average Bonchev–Trinajstić information content (AvgIpc) is 2.77. The van der Waals surface area contributed by atoms with Gasteiger partial charge in [-0.15, -0.1) is 0 Å². The van der Waals surface area contributed by atoms with Gasteiger partial charge in [-0.05, 0) is 43.5 Å². The molecule has 148 valence electrons. The van der Waals surface area contributed by atoms with Crippen LogP contribution in [0.1, 0.15) is 42.4 Å². The Kier molecular flexibility index (Phi) is 5.71. The lowest BCUT2D eigenvalue weighted by atomic mass is 10.0. The molecule has 7 heteroatoms. The van der Waals surface area contributed by atoms with Crippen LogP contribution in [-0.4, -0.2) is 47.6 Å². The lowest BCUT2D eigenvalue weighted by molar-refractivity contribution is -0.137. The number of methoxy groups -OCH3 is 1. The molecule has 7 nitrogen and oxygen atoms in total. The predicted molar refractivity (Wildman–Crippen MR) is 104 cm³/mol. The third kappa shape index (κ3) is 4.09. The van der Waals surface area contributed by atoms with Gasteiger partial charge in [-0.25, -0.2) is 9.97 Å². The number of nitrogens with zero attached hydrogens (tertiary/aromatic N) is 3. The quantitative estimate of drug-likeness (QED) is 0.855. The molecule has 0 bridgehead atoms. The van der Waals surface area contributed by atoms with Crippen LogP contribution in [0.3, 0.4) is 0 Å². The van der Waals surface area contributed by atoms with Crippen LogP contribution in [0.4, 0.5) is 0 Å². The van der Waals surface area contributed by atoms with Crippen LogP contribution in [0.15, 0.2) is 30.5 Å². The molecule has 2 aliphatic rings. The number of fused-ring (bicyclic) bond motifs is 1. The molecule has 1 aromatic carbocycles. The van der Waals surface area contributed by atoms with Gasteiger partial charge in [0.05, 0.1) is 13.2 Å². The summed E-state index contributed by atoms with van der Waals surface area (Å²) >= 11 is 0. The third-order valence-corrected chi connectivity index (χ3v) is 5.37. The van der Waals surface area contributed by atoms with Crippen molar-refractivity contribution in [3.05, 3.63) is 47.5 Å². The van der Waals surface area contributed by atoms with Crippen LogP contribution in [0, 0.1) is 0 Å². The first-order valence-corrected chi connectivity index (χ1v) is 9.86. The highest BCUT2D eigenvalue weighted by atomic mass is 16.5. The zero-order valence-corrected chi connectivity index (χ0v) is 16.2. The molecule has 1 N–H and O–H groups in total. The minimum atomic E-state index is -0.0686. The first-order valence-electron chi connectivity index (χ1n) is 9.86. The summed E-state index contributed by atoms with van der Waals surface area (Å²) in [7, 11) is 1.62. The predicted octanol–water partition coefficient (Wildman–Crippen LogP) is 2.26. The average molecular weight is 382 g/mol. The molecule has 1 atom stereocenters. The number of hydrogen-bond acceptors (Lipinski definition) is 6. The van der Waals surface area contributed by atoms with Crippen LogP contribution < -0.4 is 14.8 Å². The second-order valence-corrected chi connectivity index (χ2v) is 7.19. The number of carbonyl (C=O) groups is 1. The summed E-state index contributed by atoms with van der Waals surface area (Å²) in [6.07, 6.45) is 5.79. The van der Waals surface area contributed by atoms with Crippen molar-refractivity contribution in [3.8, 4) is 11.5 Å². The largest absolute Gasteiger partial charge is 0.497 e. The Labute approximate surface area is 165 Å². The SMILES string of the molecule is COc1ccc(OCC(=O)N2CCCC[C@H]2c2ncc3c(n2)CCNC3)cc1. The summed E-state index contributed by atoms with van der Waals surface area (Å²) in [5.41, 5.74) is 2.27. The molecular weight excluding hydrogens is 356 g/mol. The highest BCUT2D eigenvalue weighted by Gasteiger charge is 2.30. The molecular formula is C21H26N4O3. The van der Waals surface area contributed by atoms with E-state index in [1.807, 2.05) is 23.2 Å². The summed E-state index contributed by atoms with van der Waals surface area (Å²) in [5, 5.41) is 3.34. The van der Waals surface area contributed by atoms with E-state index in [0.29, 0.717) is 5.75 Å². The van der Waals surface area contributed by atoms with E-state index in [4.69, 9.17) is 14.5 Å². The van der Waals surface area contributed by atoms with Gasteiger partial charge in [0.2, 0.25) is 0 Å². The van der Waals surface area contributed by atoms with Crippen LogP contribution in [0.5, 0.6) is 11.5 Å². The van der Waals surface area contributed by atoms with E-state index >= 15 is 0 Å². The van der Waals surface area contributed by atoms with Crippen LogP contribution >= 0.6 is 0 Å². The minimum absolute atomic E-state index is 0.0116. The van der Waals surface area contributed by atoms with Crippen LogP contribution in [0.25, 0.3) is 0 Å². The van der Waals surface area contributed by atoms with E-state index in [1.54, 1.807) is 19.2 Å². The summed E-state index contributed by atoms with van der Waals surface area (Å²) in [5.74, 6) is 2.15. The maximum atomic E-state index is 12.9. The first kappa shape index (κ1) is 18.7. The van der Waals surface area contributed by atoms with Crippen LogP contribution in [-0.2, 0) is 17.8 Å². The molecule has 4 rings (SSSR count). The topological polar surface area (TPSA) is 76.6 Å². The minimum Gasteiger partial charge on any atom is -0.497 e. The summed E-state index contributed by atoms with van der Waals surface area (Å²) in [6, 6.07) is 7.18. The van der Waals surface area contributed by atoms with Crippen LogP contribution in [0.2, 0.25) is 0 Å². The fourth-order valence-corrected chi connectivity index (χ4v) is 3.81. The Hall–Kier alpha value is -2.67. The van der Waals surface area contributed by atoms with Gasteiger partial charge >= 0.3 is 0 Å². The molecule has 1 amide bonds. The standard InChI is InChI=1S/C21H26N4O3/c1-27-16-5-7-17(8-6-16)28-14-20(26)25-11-3-2-4-19(25)21-23-13-15-12-22-10-9-18(15)24-21/h5-8,13,19,22H,2-4,9-12,14H2,1H3/t19-/m0/s1. The van der Waals surface area contributed by atoms with Gasteiger partial charge in [-0.3, -0.25) is 4.79 Å². The molecule has 0 aliphatic carbocycles. The van der Waals surface area contributed by atoms with E-state index in [9.17, 15) is 4.79 Å². The van der Waals surface area contributed by atoms with Crippen molar-refractivity contribution in [2.24, 2.45) is 0 Å². The molecule has 0 unspecified atom stereocenters. The van der Waals surface area contributed by atoms with E-state index in [1.165, 1.54) is 0 Å². The van der Waals surface area contributed by atoms with Crippen molar-refractivity contribution in [3.63, 3.8) is 0 Å². The van der Waals surface area contributed by atoms with Crippen molar-refractivity contribution >= 4 is 5.91 Å². The Morgan fingerprint density at radius 3 is 2.89 bits per heavy atom. The van der Waals surface area contributed by atoms with E-state index in [0.717, 1.165) is 68.1 Å². The Morgan fingerprint density at radius 2 is 2.07 bits per heavy atom. The van der Waals surface area contributed by atoms with Gasteiger partial charge in [0.1, 0.15) is 11.5 Å². The Balaban J connectivity index is 1.44. The Bertz CT molecular complexity index is 825. The number of likely N-dealkylation sites (tertiary alicyclic amines) is 1. The summed E-state index contributed by atoms with van der Waals surface area (Å²) in [4.78, 5) is 24.2. The van der Waals surface area contributed by atoms with Crippen molar-refractivity contribution < 1.29 is 14.3 Å². The second-order valence-electron chi connectivity index (χ2n) is 7.19. The van der Waals surface area contributed by atoms with Gasteiger partial charge < -0.3 is 19.7 Å². The molecule has 2 aliphatic heterocycles. The monoisotopic (exact) mass is 382 g/mol. The highest BCUT2D eigenvalue weighted by Crippen LogP contribution is 2.30. The maximum absolute atomic E-state index is 12.9. The van der Waals surface area contributed by atoms with Crippen molar-refractivity contribution in [2.75, 3.05) is 26.8 Å². The number of aromatic nitrogens is 2. The zero-order valence-electron chi connectivity index (χ0n) is 16.2. The molecule has 28 heavy (non-hydrogen) atoms. The molecule has 0 radical (unpaired) electrons. The number of nitrogens with one attached hydrogen (secondary N) is 1. The van der Waals surface area contributed by atoms with Gasteiger partial charge in [0.25, 0.3) is 5.91 Å². The molecule has 3 heterocycles. The number of benzene rings is 1. The highest BCUT2D eigenvalue weighted by molar-refractivity contribution is 5.78. The van der Waals surface area contributed by atoms with Crippen molar-refractivity contribution in [1.29, 1.82) is 0 Å². The maximum Gasteiger partial charge on any atom is 0.261 e. The van der Waals surface area contributed by atoms with Gasteiger partial charge in [0, 0.05) is 43.5 Å². The van der Waals surface area contributed by atoms with Crippen molar-refractivity contribution in [1.82, 2.24) is 20.2 Å².